The molecule has 0 aromatic heterocycles. The first-order valence-electron chi connectivity index (χ1n) is 6.89. The minimum atomic E-state index is -3.27. The van der Waals surface area contributed by atoms with Crippen molar-refractivity contribution in [1.82, 2.24) is 0 Å². The van der Waals surface area contributed by atoms with Crippen molar-refractivity contribution in [1.29, 1.82) is 0 Å². The summed E-state index contributed by atoms with van der Waals surface area (Å²) in [5, 5.41) is 3.22. The third-order valence-corrected chi connectivity index (χ3v) is 5.10. The summed E-state index contributed by atoms with van der Waals surface area (Å²) in [5.41, 5.74) is 0.484. The summed E-state index contributed by atoms with van der Waals surface area (Å²) >= 11 is 9.18. The van der Waals surface area contributed by atoms with Gasteiger partial charge in [0.1, 0.15) is 5.75 Å². The Labute approximate surface area is 154 Å². The van der Waals surface area contributed by atoms with Crippen LogP contribution in [0.5, 0.6) is 5.75 Å². The molecular weight excluding hydrogens is 418 g/mol. The largest absolute Gasteiger partial charge is 0.480 e. The van der Waals surface area contributed by atoms with E-state index in [9.17, 15) is 13.2 Å². The predicted molar refractivity (Wildman–Crippen MR) is 97.4 cm³/mol. The van der Waals surface area contributed by atoms with Crippen molar-refractivity contribution >= 4 is 49.0 Å². The van der Waals surface area contributed by atoms with Crippen LogP contribution in [0.2, 0.25) is 5.02 Å². The Bertz CT molecular complexity index is 853. The molecule has 5 nitrogen and oxygen atoms in total. The van der Waals surface area contributed by atoms with Gasteiger partial charge in [0.25, 0.3) is 5.91 Å². The molecule has 0 saturated heterocycles. The first kappa shape index (κ1) is 18.8. The molecule has 0 radical (unpaired) electrons. The smallest absolute Gasteiger partial charge is 0.265 e. The van der Waals surface area contributed by atoms with Crippen molar-refractivity contribution in [3.8, 4) is 5.75 Å². The van der Waals surface area contributed by atoms with Gasteiger partial charge in [0, 0.05) is 17.0 Å². The average Bonchev–Trinajstić information content (AvgIpc) is 2.49. The molecule has 2 aromatic carbocycles. The molecule has 2 aromatic rings. The average molecular weight is 433 g/mol. The van der Waals surface area contributed by atoms with E-state index >= 15 is 0 Å². The number of benzene rings is 2. The fourth-order valence-corrected chi connectivity index (χ4v) is 3.25. The van der Waals surface area contributed by atoms with Crippen LogP contribution >= 0.6 is 27.5 Å². The number of rotatable bonds is 5. The molecule has 0 aliphatic carbocycles. The van der Waals surface area contributed by atoms with Crippen molar-refractivity contribution in [2.24, 2.45) is 0 Å². The van der Waals surface area contributed by atoms with Gasteiger partial charge in [-0.15, -0.1) is 0 Å². The minimum absolute atomic E-state index is 0.190. The highest BCUT2D eigenvalue weighted by atomic mass is 79.9. The lowest BCUT2D eigenvalue weighted by molar-refractivity contribution is -0.122. The van der Waals surface area contributed by atoms with E-state index in [1.807, 2.05) is 0 Å². The van der Waals surface area contributed by atoms with E-state index in [1.165, 1.54) is 24.3 Å². The number of anilines is 1. The van der Waals surface area contributed by atoms with Crippen LogP contribution in [0.4, 0.5) is 5.69 Å². The first-order valence-corrected chi connectivity index (χ1v) is 9.96. The van der Waals surface area contributed by atoms with Gasteiger partial charge in [0.15, 0.2) is 15.9 Å². The van der Waals surface area contributed by atoms with Crippen LogP contribution in [-0.2, 0) is 14.6 Å². The van der Waals surface area contributed by atoms with Crippen LogP contribution in [-0.4, -0.2) is 26.7 Å². The third-order valence-electron chi connectivity index (χ3n) is 3.12. The first-order chi connectivity index (χ1) is 11.2. The summed E-state index contributed by atoms with van der Waals surface area (Å²) in [4.78, 5) is 12.4. The van der Waals surface area contributed by atoms with Gasteiger partial charge in [0.05, 0.1) is 9.37 Å². The highest BCUT2D eigenvalue weighted by Gasteiger charge is 2.17. The summed E-state index contributed by atoms with van der Waals surface area (Å²) < 4.78 is 29.1. The molecule has 1 atom stereocenters. The van der Waals surface area contributed by atoms with Crippen LogP contribution in [0.3, 0.4) is 0 Å². The van der Waals surface area contributed by atoms with Gasteiger partial charge < -0.3 is 10.1 Å². The van der Waals surface area contributed by atoms with Crippen molar-refractivity contribution in [2.45, 2.75) is 17.9 Å². The quantitative estimate of drug-likeness (QED) is 0.777. The molecule has 0 bridgehead atoms. The van der Waals surface area contributed by atoms with Crippen molar-refractivity contribution in [3.63, 3.8) is 0 Å². The van der Waals surface area contributed by atoms with Gasteiger partial charge in [-0.05, 0) is 65.3 Å². The van der Waals surface area contributed by atoms with E-state index in [0.29, 0.717) is 20.9 Å². The SMILES string of the molecule is CC(Oc1ccc(Cl)cc1Br)C(=O)Nc1ccc(S(C)(=O)=O)cc1. The fraction of sp³-hybridized carbons (Fsp3) is 0.188. The van der Waals surface area contributed by atoms with Crippen LogP contribution in [0.15, 0.2) is 51.8 Å². The fourth-order valence-electron chi connectivity index (χ4n) is 1.84. The number of hydrogen-bond acceptors (Lipinski definition) is 4. The summed E-state index contributed by atoms with van der Waals surface area (Å²) in [7, 11) is -3.27. The van der Waals surface area contributed by atoms with Crippen LogP contribution in [0.1, 0.15) is 6.92 Å². The molecule has 1 unspecified atom stereocenters. The molecule has 0 saturated carbocycles. The Hall–Kier alpha value is -1.57. The number of amides is 1. The van der Waals surface area contributed by atoms with Gasteiger partial charge >= 0.3 is 0 Å². The molecule has 0 heterocycles. The van der Waals surface area contributed by atoms with Gasteiger partial charge in [-0.25, -0.2) is 8.42 Å². The van der Waals surface area contributed by atoms with E-state index in [4.69, 9.17) is 16.3 Å². The molecule has 0 aliphatic rings. The molecule has 128 valence electrons. The maximum Gasteiger partial charge on any atom is 0.265 e. The molecule has 0 spiro atoms. The summed E-state index contributed by atoms with van der Waals surface area (Å²) in [6, 6.07) is 10.9. The second kappa shape index (κ2) is 7.55. The molecule has 1 N–H and O–H groups in total. The molecule has 0 fully saturated rings. The topological polar surface area (TPSA) is 72.5 Å². The zero-order chi connectivity index (χ0) is 17.9. The summed E-state index contributed by atoms with van der Waals surface area (Å²) in [5.74, 6) is 0.137. The molecule has 2 rings (SSSR count). The maximum absolute atomic E-state index is 12.2. The maximum atomic E-state index is 12.2. The lowest BCUT2D eigenvalue weighted by Crippen LogP contribution is -2.30. The zero-order valence-corrected chi connectivity index (χ0v) is 16.1. The van der Waals surface area contributed by atoms with Gasteiger partial charge in [0.2, 0.25) is 0 Å². The predicted octanol–water partition coefficient (Wildman–Crippen LogP) is 3.91. The molecule has 1 amide bonds. The Morgan fingerprint density at radius 1 is 1.21 bits per heavy atom. The number of carbonyl (C=O) groups excluding carboxylic acids is 1. The van der Waals surface area contributed by atoms with Crippen LogP contribution < -0.4 is 10.1 Å². The lowest BCUT2D eigenvalue weighted by atomic mass is 10.3. The third kappa shape index (κ3) is 4.96. The second-order valence-electron chi connectivity index (χ2n) is 5.12. The number of sulfone groups is 1. The number of carbonyl (C=O) groups is 1. The second-order valence-corrected chi connectivity index (χ2v) is 8.43. The summed E-state index contributed by atoms with van der Waals surface area (Å²) in [6.07, 6.45) is 0.373. The van der Waals surface area contributed by atoms with E-state index < -0.39 is 15.9 Å². The molecule has 8 heteroatoms. The standard InChI is InChI=1S/C16H15BrClNO4S/c1-10(23-15-8-3-11(18)9-14(15)17)16(20)19-12-4-6-13(7-5-12)24(2,21)22/h3-10H,1-2H3,(H,19,20). The normalized spacial score (nSPS) is 12.5. The lowest BCUT2D eigenvalue weighted by Gasteiger charge is -2.16. The number of nitrogens with one attached hydrogen (secondary N) is 1. The van der Waals surface area contributed by atoms with Crippen molar-refractivity contribution in [3.05, 3.63) is 52.0 Å². The van der Waals surface area contributed by atoms with E-state index in [2.05, 4.69) is 21.2 Å². The van der Waals surface area contributed by atoms with E-state index in [-0.39, 0.29) is 10.8 Å². The number of ether oxygens (including phenoxy) is 1. The van der Waals surface area contributed by atoms with Crippen LogP contribution in [0.25, 0.3) is 0 Å². The van der Waals surface area contributed by atoms with Gasteiger partial charge in [-0.3, -0.25) is 4.79 Å². The van der Waals surface area contributed by atoms with Gasteiger partial charge in [-0.2, -0.15) is 0 Å². The Balaban J connectivity index is 2.03. The Kier molecular flexibility index (Phi) is 5.90. The van der Waals surface area contributed by atoms with E-state index in [0.717, 1.165) is 6.26 Å². The Morgan fingerprint density at radius 3 is 2.38 bits per heavy atom. The zero-order valence-electron chi connectivity index (χ0n) is 12.9. The monoisotopic (exact) mass is 431 g/mol. The minimum Gasteiger partial charge on any atom is -0.480 e. The summed E-state index contributed by atoms with van der Waals surface area (Å²) in [6.45, 7) is 1.61. The number of halogens is 2. The van der Waals surface area contributed by atoms with Crippen molar-refractivity contribution < 1.29 is 17.9 Å². The highest BCUT2D eigenvalue weighted by Crippen LogP contribution is 2.28. The van der Waals surface area contributed by atoms with Crippen molar-refractivity contribution in [2.75, 3.05) is 11.6 Å². The van der Waals surface area contributed by atoms with Crippen LogP contribution in [0, 0.1) is 0 Å². The molecular formula is C16H15BrClNO4S. The van der Waals surface area contributed by atoms with E-state index in [1.54, 1.807) is 25.1 Å². The molecule has 24 heavy (non-hydrogen) atoms. The Morgan fingerprint density at radius 2 is 1.83 bits per heavy atom. The molecule has 0 aliphatic heterocycles. The van der Waals surface area contributed by atoms with Gasteiger partial charge in [-0.1, -0.05) is 11.6 Å². The highest BCUT2D eigenvalue weighted by molar-refractivity contribution is 9.10. The number of hydrogen-bond donors (Lipinski definition) is 1.